The summed E-state index contributed by atoms with van der Waals surface area (Å²) in [5.74, 6) is 0. The number of hydrogen-bond acceptors (Lipinski definition) is 1. The maximum absolute atomic E-state index is 5.04. The molecule has 148 valence electrons. The first-order valence-corrected chi connectivity index (χ1v) is 10.8. The summed E-state index contributed by atoms with van der Waals surface area (Å²) in [6, 6.07) is 36.9. The molecule has 1 heterocycles. The molecular weight excluding hydrogens is 374 g/mol. The summed E-state index contributed by atoms with van der Waals surface area (Å²) in [6.45, 7) is 4.64. The van der Waals surface area contributed by atoms with Gasteiger partial charge in [0.1, 0.15) is 0 Å². The molecule has 0 fully saturated rings. The number of nitrogens with zero attached hydrogens (tertiary/aromatic N) is 1. The van der Waals surface area contributed by atoms with E-state index in [1.807, 2.05) is 0 Å². The van der Waals surface area contributed by atoms with E-state index < -0.39 is 0 Å². The maximum Gasteiger partial charge on any atom is 0.0709 e. The fourth-order valence-corrected chi connectivity index (χ4v) is 4.97. The number of aromatic nitrogens is 1. The fourth-order valence-electron chi connectivity index (χ4n) is 4.97. The highest BCUT2D eigenvalue weighted by Crippen LogP contribution is 2.49. The monoisotopic (exact) mass is 397 g/mol. The molecule has 0 unspecified atom stereocenters. The van der Waals surface area contributed by atoms with Crippen molar-refractivity contribution in [3.05, 3.63) is 114 Å². The summed E-state index contributed by atoms with van der Waals surface area (Å²) in [6.07, 6.45) is 0. The van der Waals surface area contributed by atoms with E-state index in [0.717, 1.165) is 17.0 Å². The van der Waals surface area contributed by atoms with E-state index in [1.54, 1.807) is 0 Å². The van der Waals surface area contributed by atoms with Crippen molar-refractivity contribution < 1.29 is 0 Å². The van der Waals surface area contributed by atoms with Crippen LogP contribution in [-0.4, -0.2) is 4.98 Å². The highest BCUT2D eigenvalue weighted by molar-refractivity contribution is 5.87. The molecule has 0 atom stereocenters. The van der Waals surface area contributed by atoms with E-state index in [1.165, 1.54) is 38.6 Å². The molecule has 0 amide bonds. The quantitative estimate of drug-likeness (QED) is 0.295. The molecule has 1 aromatic heterocycles. The van der Waals surface area contributed by atoms with E-state index >= 15 is 0 Å². The molecule has 1 aliphatic carbocycles. The lowest BCUT2D eigenvalue weighted by atomic mass is 9.82. The minimum Gasteiger partial charge on any atom is -0.248 e. The van der Waals surface area contributed by atoms with Crippen molar-refractivity contribution in [1.29, 1.82) is 0 Å². The van der Waals surface area contributed by atoms with Gasteiger partial charge in [0.15, 0.2) is 0 Å². The Labute approximate surface area is 183 Å². The van der Waals surface area contributed by atoms with Crippen molar-refractivity contribution in [2.75, 3.05) is 0 Å². The lowest BCUT2D eigenvalue weighted by Crippen LogP contribution is -2.14. The molecule has 5 aromatic rings. The molecule has 0 aliphatic heterocycles. The van der Waals surface area contributed by atoms with Crippen LogP contribution < -0.4 is 0 Å². The van der Waals surface area contributed by atoms with Gasteiger partial charge in [-0.05, 0) is 57.3 Å². The van der Waals surface area contributed by atoms with Gasteiger partial charge in [0.2, 0.25) is 0 Å². The third-order valence-electron chi connectivity index (χ3n) is 6.67. The normalized spacial score (nSPS) is 13.7. The number of rotatable bonds is 2. The van der Waals surface area contributed by atoms with Gasteiger partial charge in [-0.1, -0.05) is 92.7 Å². The van der Waals surface area contributed by atoms with Crippen LogP contribution in [0.3, 0.4) is 0 Å². The molecule has 4 aromatic carbocycles. The Balaban J connectivity index is 1.44. The Kier molecular flexibility index (Phi) is 3.88. The van der Waals surface area contributed by atoms with E-state index in [4.69, 9.17) is 4.98 Å². The summed E-state index contributed by atoms with van der Waals surface area (Å²) in [5.41, 5.74) is 9.81. The zero-order valence-corrected chi connectivity index (χ0v) is 17.8. The Morgan fingerprint density at radius 3 is 2.00 bits per heavy atom. The van der Waals surface area contributed by atoms with Crippen molar-refractivity contribution in [2.45, 2.75) is 19.3 Å². The first-order valence-electron chi connectivity index (χ1n) is 10.8. The van der Waals surface area contributed by atoms with Crippen molar-refractivity contribution in [2.24, 2.45) is 0 Å². The minimum atomic E-state index is -0.00209. The second-order valence-electron chi connectivity index (χ2n) is 8.90. The zero-order valence-electron chi connectivity index (χ0n) is 17.8. The molecule has 1 nitrogen and oxygen atoms in total. The molecule has 1 aliphatic rings. The SMILES string of the molecule is CC1(C)c2ccccc2-c2ccc(-c3cccc(-c4ccc5ccccc5c4)n3)cc21. The number of fused-ring (bicyclic) bond motifs is 4. The van der Waals surface area contributed by atoms with Gasteiger partial charge < -0.3 is 0 Å². The zero-order chi connectivity index (χ0) is 21.0. The van der Waals surface area contributed by atoms with Crippen molar-refractivity contribution >= 4 is 10.8 Å². The third-order valence-corrected chi connectivity index (χ3v) is 6.67. The average molecular weight is 398 g/mol. The van der Waals surface area contributed by atoms with E-state index in [-0.39, 0.29) is 5.41 Å². The number of benzene rings is 4. The molecule has 31 heavy (non-hydrogen) atoms. The molecule has 0 saturated carbocycles. The molecule has 0 saturated heterocycles. The van der Waals surface area contributed by atoms with Crippen LogP contribution in [0.2, 0.25) is 0 Å². The summed E-state index contributed by atoms with van der Waals surface area (Å²) in [7, 11) is 0. The topological polar surface area (TPSA) is 12.9 Å². The summed E-state index contributed by atoms with van der Waals surface area (Å²) in [4.78, 5) is 5.04. The van der Waals surface area contributed by atoms with Gasteiger partial charge in [0.05, 0.1) is 11.4 Å². The lowest BCUT2D eigenvalue weighted by molar-refractivity contribution is 0.660. The van der Waals surface area contributed by atoms with Crippen LogP contribution in [0.5, 0.6) is 0 Å². The standard InChI is InChI=1S/C30H23N/c1-30(2)26-11-6-5-10-24(26)25-17-16-23(19-27(25)30)29-13-7-12-28(31-29)22-15-14-20-8-3-4-9-21(20)18-22/h3-19H,1-2H3. The first kappa shape index (κ1) is 18.1. The Bertz CT molecular complexity index is 1460. The Morgan fingerprint density at radius 2 is 1.16 bits per heavy atom. The molecule has 6 rings (SSSR count). The van der Waals surface area contributed by atoms with Crippen molar-refractivity contribution in [3.63, 3.8) is 0 Å². The van der Waals surface area contributed by atoms with Gasteiger partial charge in [0, 0.05) is 16.5 Å². The van der Waals surface area contributed by atoms with Crippen LogP contribution >= 0.6 is 0 Å². The minimum absolute atomic E-state index is 0.00209. The van der Waals surface area contributed by atoms with Gasteiger partial charge in [-0.2, -0.15) is 0 Å². The first-order chi connectivity index (χ1) is 15.1. The Morgan fingerprint density at radius 1 is 0.516 bits per heavy atom. The van der Waals surface area contributed by atoms with Crippen LogP contribution in [0.25, 0.3) is 44.4 Å². The second-order valence-corrected chi connectivity index (χ2v) is 8.90. The van der Waals surface area contributed by atoms with Crippen LogP contribution in [-0.2, 0) is 5.41 Å². The summed E-state index contributed by atoms with van der Waals surface area (Å²) in [5, 5.41) is 2.49. The van der Waals surface area contributed by atoms with Crippen LogP contribution in [0, 0.1) is 0 Å². The Hall–Kier alpha value is -3.71. The van der Waals surface area contributed by atoms with Crippen LogP contribution in [0.4, 0.5) is 0 Å². The highest BCUT2D eigenvalue weighted by Gasteiger charge is 2.35. The smallest absolute Gasteiger partial charge is 0.0709 e. The number of hydrogen-bond donors (Lipinski definition) is 0. The fraction of sp³-hybridized carbons (Fsp3) is 0.100. The molecule has 0 spiro atoms. The van der Waals surface area contributed by atoms with E-state index in [2.05, 4.69) is 117 Å². The third kappa shape index (κ3) is 2.81. The summed E-state index contributed by atoms with van der Waals surface area (Å²) >= 11 is 0. The predicted octanol–water partition coefficient (Wildman–Crippen LogP) is 7.88. The van der Waals surface area contributed by atoms with Gasteiger partial charge in [0.25, 0.3) is 0 Å². The highest BCUT2D eigenvalue weighted by atomic mass is 14.7. The largest absolute Gasteiger partial charge is 0.248 e. The van der Waals surface area contributed by atoms with E-state index in [0.29, 0.717) is 0 Å². The van der Waals surface area contributed by atoms with Crippen molar-refractivity contribution in [3.8, 4) is 33.6 Å². The molecule has 1 heteroatoms. The second kappa shape index (κ2) is 6.65. The van der Waals surface area contributed by atoms with Gasteiger partial charge in [-0.15, -0.1) is 0 Å². The van der Waals surface area contributed by atoms with Crippen molar-refractivity contribution in [1.82, 2.24) is 4.98 Å². The van der Waals surface area contributed by atoms with Gasteiger partial charge in [-0.3, -0.25) is 0 Å². The molecule has 0 N–H and O–H groups in total. The average Bonchev–Trinajstić information content (AvgIpc) is 3.05. The summed E-state index contributed by atoms with van der Waals surface area (Å²) < 4.78 is 0. The maximum atomic E-state index is 5.04. The lowest BCUT2D eigenvalue weighted by Gasteiger charge is -2.21. The van der Waals surface area contributed by atoms with Crippen LogP contribution in [0.1, 0.15) is 25.0 Å². The number of pyridine rings is 1. The molecular formula is C30H23N. The predicted molar refractivity (Wildman–Crippen MR) is 130 cm³/mol. The molecule has 0 radical (unpaired) electrons. The molecule has 0 bridgehead atoms. The van der Waals surface area contributed by atoms with Gasteiger partial charge in [-0.25, -0.2) is 4.98 Å². The van der Waals surface area contributed by atoms with Gasteiger partial charge >= 0.3 is 0 Å². The van der Waals surface area contributed by atoms with Crippen LogP contribution in [0.15, 0.2) is 103 Å². The van der Waals surface area contributed by atoms with E-state index in [9.17, 15) is 0 Å².